The molecule has 0 aliphatic heterocycles. The monoisotopic (exact) mass is 244 g/mol. The summed E-state index contributed by atoms with van der Waals surface area (Å²) in [6.07, 6.45) is 4.37. The van der Waals surface area contributed by atoms with Gasteiger partial charge in [0, 0.05) is 18.9 Å². The van der Waals surface area contributed by atoms with Crippen LogP contribution in [0.4, 0.5) is 0 Å². The van der Waals surface area contributed by atoms with Crippen LogP contribution < -0.4 is 0 Å². The highest BCUT2D eigenvalue weighted by molar-refractivity contribution is 5.77. The van der Waals surface area contributed by atoms with Crippen LogP contribution in [0.5, 0.6) is 0 Å². The van der Waals surface area contributed by atoms with Crippen molar-refractivity contribution in [2.24, 2.45) is 7.05 Å². The number of benzene rings is 1. The molecular formula is C15H20N2O. The number of hydrogen-bond donors (Lipinski definition) is 1. The van der Waals surface area contributed by atoms with Gasteiger partial charge in [0.15, 0.2) is 0 Å². The predicted octanol–water partition coefficient (Wildman–Crippen LogP) is 2.55. The Labute approximate surface area is 107 Å². The molecule has 1 aromatic heterocycles. The van der Waals surface area contributed by atoms with Gasteiger partial charge in [-0.1, -0.05) is 19.4 Å². The quantitative estimate of drug-likeness (QED) is 0.901. The van der Waals surface area contributed by atoms with E-state index in [1.54, 1.807) is 0 Å². The molecule has 3 rings (SSSR count). The standard InChI is InChI=1S/C15H20N2O/c1-3-14-16-12-9-11(5-6-13(12)17(14)2)15(10-18)7-4-8-15/h5-6,9,18H,3-4,7-8,10H2,1-2H3. The van der Waals surface area contributed by atoms with Crippen LogP contribution in [0.15, 0.2) is 18.2 Å². The van der Waals surface area contributed by atoms with Crippen LogP contribution in [0.1, 0.15) is 37.6 Å². The van der Waals surface area contributed by atoms with Gasteiger partial charge in [-0.3, -0.25) is 0 Å². The Morgan fingerprint density at radius 2 is 2.17 bits per heavy atom. The third-order valence-electron chi connectivity index (χ3n) is 4.52. The van der Waals surface area contributed by atoms with E-state index in [1.165, 1.54) is 17.5 Å². The summed E-state index contributed by atoms with van der Waals surface area (Å²) >= 11 is 0. The minimum atomic E-state index is 0.0120. The highest BCUT2D eigenvalue weighted by Crippen LogP contribution is 2.43. The average molecular weight is 244 g/mol. The van der Waals surface area contributed by atoms with Crippen LogP contribution in [0.25, 0.3) is 11.0 Å². The number of imidazole rings is 1. The van der Waals surface area contributed by atoms with Crippen LogP contribution in [0.3, 0.4) is 0 Å². The lowest BCUT2D eigenvalue weighted by Crippen LogP contribution is -2.37. The third kappa shape index (κ3) is 1.50. The van der Waals surface area contributed by atoms with Crippen LogP contribution in [0, 0.1) is 0 Å². The number of aryl methyl sites for hydroxylation is 2. The largest absolute Gasteiger partial charge is 0.395 e. The number of aliphatic hydroxyl groups is 1. The summed E-state index contributed by atoms with van der Waals surface area (Å²) in [5.74, 6) is 1.12. The van der Waals surface area contributed by atoms with Crippen LogP contribution in [-0.4, -0.2) is 21.3 Å². The van der Waals surface area contributed by atoms with Crippen molar-refractivity contribution >= 4 is 11.0 Å². The molecule has 1 saturated carbocycles. The van der Waals surface area contributed by atoms with Crippen LogP contribution in [-0.2, 0) is 18.9 Å². The molecule has 2 aromatic rings. The predicted molar refractivity (Wildman–Crippen MR) is 72.7 cm³/mol. The molecule has 0 saturated heterocycles. The van der Waals surface area contributed by atoms with Gasteiger partial charge >= 0.3 is 0 Å². The SMILES string of the molecule is CCc1nc2cc(C3(CO)CCC3)ccc2n1C. The first kappa shape index (κ1) is 11.7. The maximum atomic E-state index is 9.64. The Bertz CT molecular complexity index is 576. The summed E-state index contributed by atoms with van der Waals surface area (Å²) in [7, 11) is 2.07. The second-order valence-corrected chi connectivity index (χ2v) is 5.44. The third-order valence-corrected chi connectivity index (χ3v) is 4.52. The zero-order chi connectivity index (χ0) is 12.8. The summed E-state index contributed by atoms with van der Waals surface area (Å²) in [5, 5.41) is 9.64. The second kappa shape index (κ2) is 4.09. The van der Waals surface area contributed by atoms with Crippen molar-refractivity contribution in [2.45, 2.75) is 38.0 Å². The molecule has 3 nitrogen and oxygen atoms in total. The van der Waals surface area contributed by atoms with Gasteiger partial charge in [-0.2, -0.15) is 0 Å². The molecule has 0 amide bonds. The van der Waals surface area contributed by atoms with Crippen LogP contribution >= 0.6 is 0 Å². The molecule has 1 aliphatic carbocycles. The maximum absolute atomic E-state index is 9.64. The fourth-order valence-corrected chi connectivity index (χ4v) is 3.04. The Morgan fingerprint density at radius 1 is 1.39 bits per heavy atom. The van der Waals surface area contributed by atoms with Crippen molar-refractivity contribution in [3.8, 4) is 0 Å². The first-order valence-corrected chi connectivity index (χ1v) is 6.77. The number of aromatic nitrogens is 2. The topological polar surface area (TPSA) is 38.1 Å². The van der Waals surface area contributed by atoms with Crippen molar-refractivity contribution in [3.05, 3.63) is 29.6 Å². The lowest BCUT2D eigenvalue weighted by atomic mass is 9.65. The van der Waals surface area contributed by atoms with E-state index in [9.17, 15) is 5.11 Å². The molecule has 96 valence electrons. The Kier molecular flexibility index (Phi) is 2.67. The van der Waals surface area contributed by atoms with Crippen molar-refractivity contribution in [3.63, 3.8) is 0 Å². The van der Waals surface area contributed by atoms with Crippen molar-refractivity contribution in [2.75, 3.05) is 6.61 Å². The number of nitrogens with zero attached hydrogens (tertiary/aromatic N) is 2. The summed E-state index contributed by atoms with van der Waals surface area (Å²) in [5.41, 5.74) is 3.51. The number of fused-ring (bicyclic) bond motifs is 1. The molecule has 1 N–H and O–H groups in total. The minimum absolute atomic E-state index is 0.0120. The molecule has 0 unspecified atom stereocenters. The van der Waals surface area contributed by atoms with Gasteiger partial charge in [-0.25, -0.2) is 4.98 Å². The molecule has 0 spiro atoms. The molecule has 0 bridgehead atoms. The fraction of sp³-hybridized carbons (Fsp3) is 0.533. The van der Waals surface area contributed by atoms with Crippen LogP contribution in [0.2, 0.25) is 0 Å². The van der Waals surface area contributed by atoms with Gasteiger partial charge < -0.3 is 9.67 Å². The van der Waals surface area contributed by atoms with Gasteiger partial charge in [0.05, 0.1) is 17.6 Å². The zero-order valence-corrected chi connectivity index (χ0v) is 11.1. The van der Waals surface area contributed by atoms with E-state index in [2.05, 4.69) is 41.7 Å². The average Bonchev–Trinajstić information content (AvgIpc) is 2.65. The smallest absolute Gasteiger partial charge is 0.109 e. The van der Waals surface area contributed by atoms with Gasteiger partial charge in [0.2, 0.25) is 0 Å². The van der Waals surface area contributed by atoms with E-state index in [0.717, 1.165) is 30.6 Å². The molecule has 1 aromatic carbocycles. The van der Waals surface area contributed by atoms with Crippen molar-refractivity contribution in [1.82, 2.24) is 9.55 Å². The van der Waals surface area contributed by atoms with Crippen molar-refractivity contribution < 1.29 is 5.11 Å². The second-order valence-electron chi connectivity index (χ2n) is 5.44. The van der Waals surface area contributed by atoms with Gasteiger partial charge in [0.1, 0.15) is 5.82 Å². The molecule has 1 aliphatic rings. The van der Waals surface area contributed by atoms with Gasteiger partial charge in [0.25, 0.3) is 0 Å². The Morgan fingerprint density at radius 3 is 2.72 bits per heavy atom. The molecule has 0 atom stereocenters. The van der Waals surface area contributed by atoms with E-state index < -0.39 is 0 Å². The number of rotatable bonds is 3. The van der Waals surface area contributed by atoms with Gasteiger partial charge in [-0.15, -0.1) is 0 Å². The number of aliphatic hydroxyl groups excluding tert-OH is 1. The van der Waals surface area contributed by atoms with E-state index >= 15 is 0 Å². The van der Waals surface area contributed by atoms with E-state index in [1.807, 2.05) is 0 Å². The van der Waals surface area contributed by atoms with E-state index in [-0.39, 0.29) is 12.0 Å². The minimum Gasteiger partial charge on any atom is -0.395 e. The first-order chi connectivity index (χ1) is 8.70. The first-order valence-electron chi connectivity index (χ1n) is 6.77. The summed E-state index contributed by atoms with van der Waals surface area (Å²) in [6, 6.07) is 6.48. The lowest BCUT2D eigenvalue weighted by Gasteiger charge is -2.40. The fourth-order valence-electron chi connectivity index (χ4n) is 3.04. The zero-order valence-electron chi connectivity index (χ0n) is 11.1. The van der Waals surface area contributed by atoms with E-state index in [0.29, 0.717) is 0 Å². The maximum Gasteiger partial charge on any atom is 0.109 e. The molecule has 1 heterocycles. The highest BCUT2D eigenvalue weighted by atomic mass is 16.3. The summed E-state index contributed by atoms with van der Waals surface area (Å²) in [4.78, 5) is 4.68. The molecule has 0 radical (unpaired) electrons. The molecule has 18 heavy (non-hydrogen) atoms. The van der Waals surface area contributed by atoms with Crippen molar-refractivity contribution in [1.29, 1.82) is 0 Å². The number of hydrogen-bond acceptors (Lipinski definition) is 2. The lowest BCUT2D eigenvalue weighted by molar-refractivity contribution is 0.120. The van der Waals surface area contributed by atoms with Gasteiger partial charge in [-0.05, 0) is 30.5 Å². The van der Waals surface area contributed by atoms with E-state index in [4.69, 9.17) is 0 Å². The molecule has 3 heteroatoms. The summed E-state index contributed by atoms with van der Waals surface area (Å²) < 4.78 is 2.16. The normalized spacial score (nSPS) is 17.9. The highest BCUT2D eigenvalue weighted by Gasteiger charge is 2.38. The Balaban J connectivity index is 2.11. The summed E-state index contributed by atoms with van der Waals surface area (Å²) in [6.45, 7) is 2.38. The Hall–Kier alpha value is -1.35. The molecule has 1 fully saturated rings. The molecular weight excluding hydrogens is 224 g/mol.